The summed E-state index contributed by atoms with van der Waals surface area (Å²) in [5.41, 5.74) is 10.7. The van der Waals surface area contributed by atoms with Crippen LogP contribution in [0.3, 0.4) is 0 Å². The summed E-state index contributed by atoms with van der Waals surface area (Å²) in [4.78, 5) is 11.9. The van der Waals surface area contributed by atoms with E-state index in [2.05, 4.69) is 0 Å². The minimum Gasteiger partial charge on any atom is -0.481 e. The Balaban J connectivity index is 1.84. The number of carboxylic acid groups (broad SMARTS) is 1. The van der Waals surface area contributed by atoms with Crippen molar-refractivity contribution in [3.05, 3.63) is 59.2 Å². The normalized spacial score (nSPS) is 18.6. The molecule has 0 fully saturated rings. The summed E-state index contributed by atoms with van der Waals surface area (Å²) in [6.45, 7) is 0.496. The van der Waals surface area contributed by atoms with Crippen LogP contribution in [-0.4, -0.2) is 28.2 Å². The van der Waals surface area contributed by atoms with E-state index in [-0.39, 0.29) is 12.2 Å². The number of benzene rings is 2. The van der Waals surface area contributed by atoms with Gasteiger partial charge in [-0.1, -0.05) is 48.9 Å². The summed E-state index contributed by atoms with van der Waals surface area (Å²) >= 11 is 0. The Kier molecular flexibility index (Phi) is 5.76. The zero-order chi connectivity index (χ0) is 18.7. The predicted molar refractivity (Wildman–Crippen MR) is 102 cm³/mol. The van der Waals surface area contributed by atoms with Crippen LogP contribution in [0.2, 0.25) is 6.32 Å². The monoisotopic (exact) mass is 353 g/mol. The van der Waals surface area contributed by atoms with E-state index in [0.29, 0.717) is 19.4 Å². The largest absolute Gasteiger partial charge is 0.481 e. The summed E-state index contributed by atoms with van der Waals surface area (Å²) in [6.07, 6.45) is 2.27. The molecule has 0 aliphatic heterocycles. The Morgan fingerprint density at radius 1 is 1.12 bits per heavy atom. The van der Waals surface area contributed by atoms with E-state index in [9.17, 15) is 9.90 Å². The second-order valence-corrected chi connectivity index (χ2v) is 7.01. The van der Waals surface area contributed by atoms with Gasteiger partial charge in [0, 0.05) is 6.54 Å². The van der Waals surface area contributed by atoms with Gasteiger partial charge in [0.2, 0.25) is 0 Å². The van der Waals surface area contributed by atoms with Crippen LogP contribution in [0.4, 0.5) is 0 Å². The average Bonchev–Trinajstić information content (AvgIpc) is 2.99. The lowest BCUT2D eigenvalue weighted by atomic mass is 9.80. The lowest BCUT2D eigenvalue weighted by Crippen LogP contribution is -2.18. The lowest BCUT2D eigenvalue weighted by Gasteiger charge is -2.16. The Morgan fingerprint density at radius 2 is 1.81 bits per heavy atom. The van der Waals surface area contributed by atoms with Crippen LogP contribution in [0.1, 0.15) is 35.4 Å². The molecule has 0 heterocycles. The zero-order valence-corrected chi connectivity index (χ0v) is 14.6. The molecule has 2 aromatic carbocycles. The molecule has 0 radical (unpaired) electrons. The second kappa shape index (κ2) is 8.04. The van der Waals surface area contributed by atoms with Gasteiger partial charge in [-0.2, -0.15) is 0 Å². The molecule has 5 nitrogen and oxygen atoms in total. The summed E-state index contributed by atoms with van der Waals surface area (Å²) in [5, 5.41) is 27.8. The molecular weight excluding hydrogens is 329 g/mol. The van der Waals surface area contributed by atoms with Crippen molar-refractivity contribution in [2.75, 3.05) is 0 Å². The van der Waals surface area contributed by atoms with Crippen LogP contribution in [0.15, 0.2) is 42.5 Å². The molecule has 0 spiro atoms. The highest BCUT2D eigenvalue weighted by Gasteiger charge is 2.37. The first-order chi connectivity index (χ1) is 12.5. The maximum absolute atomic E-state index is 11.9. The molecule has 6 heteroatoms. The zero-order valence-electron chi connectivity index (χ0n) is 14.6. The molecule has 26 heavy (non-hydrogen) atoms. The number of nitrogens with two attached hydrogens (primary N) is 1. The predicted octanol–water partition coefficient (Wildman–Crippen LogP) is 2.41. The van der Waals surface area contributed by atoms with Gasteiger partial charge in [-0.3, -0.25) is 4.79 Å². The van der Waals surface area contributed by atoms with Crippen LogP contribution >= 0.6 is 0 Å². The molecule has 3 rings (SSSR count). The van der Waals surface area contributed by atoms with Crippen molar-refractivity contribution in [3.63, 3.8) is 0 Å². The van der Waals surface area contributed by atoms with Crippen molar-refractivity contribution in [1.29, 1.82) is 0 Å². The molecule has 136 valence electrons. The number of hydrogen-bond donors (Lipinski definition) is 4. The third-order valence-electron chi connectivity index (χ3n) is 5.26. The van der Waals surface area contributed by atoms with E-state index in [1.54, 1.807) is 0 Å². The van der Waals surface area contributed by atoms with E-state index in [4.69, 9.17) is 15.8 Å². The molecule has 0 aromatic heterocycles. The molecule has 1 aliphatic rings. The number of carbonyl (C=O) groups is 1. The third kappa shape index (κ3) is 3.98. The molecular formula is C20H24BNO4. The van der Waals surface area contributed by atoms with Crippen LogP contribution < -0.4 is 5.73 Å². The molecule has 0 unspecified atom stereocenters. The van der Waals surface area contributed by atoms with Crippen molar-refractivity contribution in [3.8, 4) is 11.1 Å². The van der Waals surface area contributed by atoms with Crippen molar-refractivity contribution in [2.45, 2.75) is 38.0 Å². The van der Waals surface area contributed by atoms with Gasteiger partial charge in [-0.05, 0) is 52.9 Å². The van der Waals surface area contributed by atoms with Gasteiger partial charge in [-0.25, -0.2) is 0 Å². The van der Waals surface area contributed by atoms with Crippen LogP contribution in [-0.2, 0) is 17.8 Å². The fraction of sp³-hybridized carbons (Fsp3) is 0.350. The van der Waals surface area contributed by atoms with Crippen LogP contribution in [0, 0.1) is 5.92 Å². The number of fused-ring (bicyclic) bond motifs is 1. The standard InChI is InChI=1S/C20H24BNO4/c22-12-13-3-5-14(6-4-13)15-7-8-16-10-17(2-1-9-21(25)26)19(20(23)24)18(16)11-15/h3-8,11,17,19,25-26H,1-2,9-10,12,22H2,(H,23,24)/t17-,19-/m0/s1. The van der Waals surface area contributed by atoms with Crippen molar-refractivity contribution >= 4 is 13.1 Å². The summed E-state index contributed by atoms with van der Waals surface area (Å²) < 4.78 is 0. The summed E-state index contributed by atoms with van der Waals surface area (Å²) in [5.74, 6) is -1.35. The van der Waals surface area contributed by atoms with E-state index in [1.807, 2.05) is 42.5 Å². The lowest BCUT2D eigenvalue weighted by molar-refractivity contribution is -0.139. The Bertz CT molecular complexity index is 776. The minimum absolute atomic E-state index is 0.00360. The number of aliphatic carboxylic acids is 1. The highest BCUT2D eigenvalue weighted by Crippen LogP contribution is 2.42. The molecule has 2 aromatic rings. The van der Waals surface area contributed by atoms with Crippen molar-refractivity contribution < 1.29 is 19.9 Å². The van der Waals surface area contributed by atoms with E-state index >= 15 is 0 Å². The van der Waals surface area contributed by atoms with Gasteiger partial charge in [-0.15, -0.1) is 0 Å². The first-order valence-corrected chi connectivity index (χ1v) is 9.00. The Labute approximate surface area is 153 Å². The van der Waals surface area contributed by atoms with Gasteiger partial charge in [0.15, 0.2) is 0 Å². The quantitative estimate of drug-likeness (QED) is 0.573. The molecule has 0 saturated heterocycles. The highest BCUT2D eigenvalue weighted by molar-refractivity contribution is 6.40. The third-order valence-corrected chi connectivity index (χ3v) is 5.26. The Morgan fingerprint density at radius 3 is 2.42 bits per heavy atom. The molecule has 0 amide bonds. The smallest absolute Gasteiger partial charge is 0.451 e. The van der Waals surface area contributed by atoms with Crippen LogP contribution in [0.5, 0.6) is 0 Å². The minimum atomic E-state index is -1.33. The van der Waals surface area contributed by atoms with Crippen molar-refractivity contribution in [2.24, 2.45) is 11.7 Å². The van der Waals surface area contributed by atoms with Gasteiger partial charge in [0.05, 0.1) is 5.92 Å². The molecule has 0 saturated carbocycles. The van der Waals surface area contributed by atoms with Gasteiger partial charge in [0.1, 0.15) is 0 Å². The van der Waals surface area contributed by atoms with E-state index in [0.717, 1.165) is 34.2 Å². The molecule has 5 N–H and O–H groups in total. The summed E-state index contributed by atoms with van der Waals surface area (Å²) in [7, 11) is -1.33. The molecule has 1 aliphatic carbocycles. The van der Waals surface area contributed by atoms with Crippen molar-refractivity contribution in [1.82, 2.24) is 0 Å². The topological polar surface area (TPSA) is 104 Å². The maximum atomic E-state index is 11.9. The number of carboxylic acids is 1. The van der Waals surface area contributed by atoms with E-state index in [1.165, 1.54) is 0 Å². The first kappa shape index (κ1) is 18.6. The van der Waals surface area contributed by atoms with E-state index < -0.39 is 19.0 Å². The fourth-order valence-corrected chi connectivity index (χ4v) is 3.90. The Hall–Kier alpha value is -2.15. The molecule has 0 bridgehead atoms. The molecule has 2 atom stereocenters. The average molecular weight is 353 g/mol. The fourth-order valence-electron chi connectivity index (χ4n) is 3.90. The second-order valence-electron chi connectivity index (χ2n) is 7.01. The number of hydrogen-bond acceptors (Lipinski definition) is 4. The summed E-state index contributed by atoms with van der Waals surface area (Å²) in [6, 6.07) is 14.0. The maximum Gasteiger partial charge on any atom is 0.451 e. The van der Waals surface area contributed by atoms with Gasteiger partial charge < -0.3 is 20.9 Å². The van der Waals surface area contributed by atoms with Gasteiger partial charge in [0.25, 0.3) is 0 Å². The highest BCUT2D eigenvalue weighted by atomic mass is 16.4. The number of rotatable bonds is 7. The first-order valence-electron chi connectivity index (χ1n) is 9.00. The SMILES string of the molecule is NCc1ccc(-c2ccc3c(c2)[C@@H](C(=O)O)[C@@H](CCCB(O)O)C3)cc1. The van der Waals surface area contributed by atoms with Crippen LogP contribution in [0.25, 0.3) is 11.1 Å². The van der Waals surface area contributed by atoms with Gasteiger partial charge >= 0.3 is 13.1 Å².